The van der Waals surface area contributed by atoms with Crippen LogP contribution in [0.25, 0.3) is 0 Å². The Morgan fingerprint density at radius 1 is 1.17 bits per heavy atom. The van der Waals surface area contributed by atoms with Gasteiger partial charge in [0.05, 0.1) is 12.3 Å². The molecule has 1 rings (SSSR count). The largest absolute Gasteiger partial charge is 0.358 e. The number of carbonyl (C=O) groups is 2. The fourth-order valence-corrected chi connectivity index (χ4v) is 3.29. The van der Waals surface area contributed by atoms with Gasteiger partial charge in [-0.2, -0.15) is 0 Å². The second-order valence-electron chi connectivity index (χ2n) is 5.39. The van der Waals surface area contributed by atoms with Gasteiger partial charge in [0.25, 0.3) is 0 Å². The molecule has 2 amide bonds. The van der Waals surface area contributed by atoms with Gasteiger partial charge in [0.15, 0.2) is 0 Å². The monoisotopic (exact) mass is 367 g/mol. The number of thioether (sulfide) groups is 1. The molecule has 0 aliphatic carbocycles. The van der Waals surface area contributed by atoms with Crippen molar-refractivity contribution in [1.29, 1.82) is 0 Å². The number of aryl methyl sites for hydroxylation is 1. The van der Waals surface area contributed by atoms with Crippen LogP contribution in [0.3, 0.4) is 0 Å². The summed E-state index contributed by atoms with van der Waals surface area (Å²) in [5, 5.41) is 2.78. The topological polar surface area (TPSA) is 52.7 Å². The van der Waals surface area contributed by atoms with Crippen molar-refractivity contribution >= 4 is 45.8 Å². The molecule has 0 saturated heterocycles. The standard InChI is InChI=1S/C17H25N3O2S2/c1-5-20(6-2)17(23)24-12-16(22)19(4)11-15(21)18-14-9-7-13(3)8-10-14/h7-10H,5-6,11-12H2,1-4H3,(H,18,21). The van der Waals surface area contributed by atoms with Gasteiger partial charge >= 0.3 is 0 Å². The summed E-state index contributed by atoms with van der Waals surface area (Å²) in [5.74, 6) is -0.0940. The Hall–Kier alpha value is -1.60. The Balaban J connectivity index is 2.41. The zero-order valence-electron chi connectivity index (χ0n) is 14.7. The second kappa shape index (κ2) is 10.3. The van der Waals surface area contributed by atoms with Gasteiger partial charge in [0, 0.05) is 25.8 Å². The lowest BCUT2D eigenvalue weighted by atomic mass is 10.2. The molecule has 0 aromatic heterocycles. The number of rotatable bonds is 7. The van der Waals surface area contributed by atoms with Crippen molar-refractivity contribution in [1.82, 2.24) is 9.80 Å². The van der Waals surface area contributed by atoms with Gasteiger partial charge in [-0.25, -0.2) is 0 Å². The lowest BCUT2D eigenvalue weighted by Crippen LogP contribution is -2.36. The van der Waals surface area contributed by atoms with Crippen LogP contribution in [-0.4, -0.2) is 58.4 Å². The molecule has 0 heterocycles. The zero-order chi connectivity index (χ0) is 18.1. The molecule has 0 aliphatic rings. The van der Waals surface area contributed by atoms with E-state index in [1.54, 1.807) is 7.05 Å². The number of nitrogens with one attached hydrogen (secondary N) is 1. The van der Waals surface area contributed by atoms with Crippen molar-refractivity contribution in [2.24, 2.45) is 0 Å². The molecule has 1 N–H and O–H groups in total. The number of anilines is 1. The fraction of sp³-hybridized carbons (Fsp3) is 0.471. The van der Waals surface area contributed by atoms with E-state index in [2.05, 4.69) is 5.32 Å². The molecule has 1 aromatic carbocycles. The predicted octanol–water partition coefficient (Wildman–Crippen LogP) is 2.75. The maximum Gasteiger partial charge on any atom is 0.243 e. The van der Waals surface area contributed by atoms with E-state index in [9.17, 15) is 9.59 Å². The highest BCUT2D eigenvalue weighted by atomic mass is 32.2. The van der Waals surface area contributed by atoms with E-state index >= 15 is 0 Å². The minimum Gasteiger partial charge on any atom is -0.358 e. The first kappa shape index (κ1) is 20.4. The number of amides is 2. The average molecular weight is 368 g/mol. The van der Waals surface area contributed by atoms with Crippen LogP contribution in [0.5, 0.6) is 0 Å². The van der Waals surface area contributed by atoms with E-state index in [0.717, 1.165) is 24.3 Å². The van der Waals surface area contributed by atoms with Crippen molar-refractivity contribution < 1.29 is 9.59 Å². The van der Waals surface area contributed by atoms with Crippen molar-refractivity contribution in [3.8, 4) is 0 Å². The van der Waals surface area contributed by atoms with Crippen LogP contribution in [0.15, 0.2) is 24.3 Å². The molecule has 0 aliphatic heterocycles. The minimum atomic E-state index is -0.217. The van der Waals surface area contributed by atoms with Gasteiger partial charge in [-0.05, 0) is 32.9 Å². The fourth-order valence-electron chi connectivity index (χ4n) is 1.95. The molecule has 132 valence electrons. The van der Waals surface area contributed by atoms with Crippen LogP contribution in [0, 0.1) is 6.92 Å². The highest BCUT2D eigenvalue weighted by Gasteiger charge is 2.15. The molecule has 0 fully saturated rings. The maximum absolute atomic E-state index is 12.1. The highest BCUT2D eigenvalue weighted by molar-refractivity contribution is 8.23. The Bertz CT molecular complexity index is 572. The summed E-state index contributed by atoms with van der Waals surface area (Å²) >= 11 is 6.64. The number of hydrogen-bond acceptors (Lipinski definition) is 4. The average Bonchev–Trinajstić information content (AvgIpc) is 2.55. The van der Waals surface area contributed by atoms with E-state index in [-0.39, 0.29) is 24.1 Å². The van der Waals surface area contributed by atoms with Crippen LogP contribution in [0.2, 0.25) is 0 Å². The Labute approximate surface area is 153 Å². The molecule has 5 nitrogen and oxygen atoms in total. The van der Waals surface area contributed by atoms with Crippen LogP contribution >= 0.6 is 24.0 Å². The number of nitrogens with zero attached hydrogens (tertiary/aromatic N) is 2. The van der Waals surface area contributed by atoms with Crippen LogP contribution < -0.4 is 5.32 Å². The molecule has 0 radical (unpaired) electrons. The van der Waals surface area contributed by atoms with Crippen LogP contribution in [0.4, 0.5) is 5.69 Å². The molecule has 24 heavy (non-hydrogen) atoms. The SMILES string of the molecule is CCN(CC)C(=S)SCC(=O)N(C)CC(=O)Nc1ccc(C)cc1. The number of likely N-dealkylation sites (N-methyl/N-ethyl adjacent to an activating group) is 1. The van der Waals surface area contributed by atoms with Crippen LogP contribution in [0.1, 0.15) is 19.4 Å². The summed E-state index contributed by atoms with van der Waals surface area (Å²) in [4.78, 5) is 27.6. The second-order valence-corrected chi connectivity index (χ2v) is 7.00. The van der Waals surface area contributed by atoms with Gasteiger partial charge in [-0.3, -0.25) is 9.59 Å². The van der Waals surface area contributed by atoms with E-state index in [1.165, 1.54) is 16.7 Å². The van der Waals surface area contributed by atoms with Gasteiger partial charge < -0.3 is 15.1 Å². The molecule has 0 spiro atoms. The Kier molecular flexibility index (Phi) is 8.78. The van der Waals surface area contributed by atoms with E-state index in [4.69, 9.17) is 12.2 Å². The van der Waals surface area contributed by atoms with Gasteiger partial charge in [-0.15, -0.1) is 0 Å². The van der Waals surface area contributed by atoms with Crippen molar-refractivity contribution in [2.75, 3.05) is 37.8 Å². The Morgan fingerprint density at radius 2 is 1.75 bits per heavy atom. The quantitative estimate of drug-likeness (QED) is 0.751. The summed E-state index contributed by atoms with van der Waals surface area (Å²) < 4.78 is 0.714. The zero-order valence-corrected chi connectivity index (χ0v) is 16.3. The van der Waals surface area contributed by atoms with E-state index < -0.39 is 0 Å². The molecule has 0 atom stereocenters. The summed E-state index contributed by atoms with van der Waals surface area (Å²) in [6, 6.07) is 7.53. The number of benzene rings is 1. The third kappa shape index (κ3) is 6.88. The maximum atomic E-state index is 12.1. The number of carbonyl (C=O) groups excluding carboxylic acids is 2. The molecule has 0 bridgehead atoms. The first-order chi connectivity index (χ1) is 11.4. The van der Waals surface area contributed by atoms with E-state index in [1.807, 2.05) is 49.9 Å². The lowest BCUT2D eigenvalue weighted by molar-refractivity contribution is -0.131. The van der Waals surface area contributed by atoms with Gasteiger partial charge in [0.2, 0.25) is 11.8 Å². The Morgan fingerprint density at radius 3 is 2.29 bits per heavy atom. The summed E-state index contributed by atoms with van der Waals surface area (Å²) in [7, 11) is 1.62. The number of thiocarbonyl (C=S) groups is 1. The van der Waals surface area contributed by atoms with Crippen molar-refractivity contribution in [2.45, 2.75) is 20.8 Å². The van der Waals surface area contributed by atoms with Crippen molar-refractivity contribution in [3.05, 3.63) is 29.8 Å². The molecular weight excluding hydrogens is 342 g/mol. The summed E-state index contributed by atoms with van der Waals surface area (Å²) in [6.07, 6.45) is 0. The highest BCUT2D eigenvalue weighted by Crippen LogP contribution is 2.11. The third-order valence-corrected chi connectivity index (χ3v) is 4.99. The first-order valence-corrected chi connectivity index (χ1v) is 9.28. The van der Waals surface area contributed by atoms with Gasteiger partial charge in [-0.1, -0.05) is 41.7 Å². The van der Waals surface area contributed by atoms with E-state index in [0.29, 0.717) is 4.32 Å². The van der Waals surface area contributed by atoms with Crippen molar-refractivity contribution in [3.63, 3.8) is 0 Å². The molecule has 0 saturated carbocycles. The lowest BCUT2D eigenvalue weighted by Gasteiger charge is -2.22. The molecule has 7 heteroatoms. The summed E-state index contributed by atoms with van der Waals surface area (Å²) in [5.41, 5.74) is 1.85. The molecule has 1 aromatic rings. The summed E-state index contributed by atoms with van der Waals surface area (Å²) in [6.45, 7) is 7.71. The molecular formula is C17H25N3O2S2. The smallest absolute Gasteiger partial charge is 0.243 e. The predicted molar refractivity (Wildman–Crippen MR) is 105 cm³/mol. The van der Waals surface area contributed by atoms with Gasteiger partial charge in [0.1, 0.15) is 4.32 Å². The minimum absolute atomic E-state index is 0.0191. The third-order valence-electron chi connectivity index (χ3n) is 3.48. The van der Waals surface area contributed by atoms with Crippen LogP contribution in [-0.2, 0) is 9.59 Å². The first-order valence-electron chi connectivity index (χ1n) is 7.89. The normalized spacial score (nSPS) is 10.2. The number of hydrogen-bond donors (Lipinski definition) is 1. The molecule has 0 unspecified atom stereocenters.